The van der Waals surface area contributed by atoms with E-state index in [4.69, 9.17) is 0 Å². The Morgan fingerprint density at radius 1 is 1.00 bits per heavy atom. The van der Waals surface area contributed by atoms with E-state index in [1.807, 2.05) is 0 Å². The number of thioether (sulfide) groups is 1. The summed E-state index contributed by atoms with van der Waals surface area (Å²) in [7, 11) is 0. The molecule has 1 atom stereocenters. The molecule has 0 amide bonds. The zero-order chi connectivity index (χ0) is 12.7. The van der Waals surface area contributed by atoms with E-state index < -0.39 is 0 Å². The molecular formula is C17H17NS. The van der Waals surface area contributed by atoms with Crippen LogP contribution < -0.4 is 5.32 Å². The van der Waals surface area contributed by atoms with E-state index in [1.54, 1.807) is 0 Å². The van der Waals surface area contributed by atoms with Gasteiger partial charge in [0.2, 0.25) is 0 Å². The molecule has 1 aliphatic heterocycles. The second-order valence-corrected chi connectivity index (χ2v) is 6.48. The summed E-state index contributed by atoms with van der Waals surface area (Å²) in [6.45, 7) is 1.13. The average Bonchev–Trinajstić information content (AvgIpc) is 2.86. The molecule has 4 rings (SSSR count). The van der Waals surface area contributed by atoms with Crippen LogP contribution in [0.2, 0.25) is 0 Å². The van der Waals surface area contributed by atoms with Crippen LogP contribution in [0.1, 0.15) is 22.7 Å². The van der Waals surface area contributed by atoms with Crippen LogP contribution in [0, 0.1) is 0 Å². The fourth-order valence-electron chi connectivity index (χ4n) is 3.16. The van der Waals surface area contributed by atoms with Crippen molar-refractivity contribution in [2.75, 3.05) is 18.1 Å². The monoisotopic (exact) mass is 267 g/mol. The predicted molar refractivity (Wildman–Crippen MR) is 82.8 cm³/mol. The maximum atomic E-state index is 3.63. The van der Waals surface area contributed by atoms with E-state index >= 15 is 0 Å². The van der Waals surface area contributed by atoms with Gasteiger partial charge >= 0.3 is 0 Å². The molecule has 0 bridgehead atoms. The van der Waals surface area contributed by atoms with E-state index in [0.717, 1.165) is 13.0 Å². The van der Waals surface area contributed by atoms with Gasteiger partial charge < -0.3 is 5.32 Å². The fourth-order valence-corrected chi connectivity index (χ4v) is 4.14. The van der Waals surface area contributed by atoms with Crippen molar-refractivity contribution in [3.05, 3.63) is 59.2 Å². The Bertz CT molecular complexity index is 614. The number of rotatable bonds is 1. The van der Waals surface area contributed by atoms with Crippen molar-refractivity contribution in [3.63, 3.8) is 0 Å². The first-order chi connectivity index (χ1) is 9.42. The van der Waals surface area contributed by atoms with E-state index in [9.17, 15) is 0 Å². The molecule has 1 unspecified atom stereocenters. The van der Waals surface area contributed by atoms with Gasteiger partial charge in [-0.2, -0.15) is 11.8 Å². The van der Waals surface area contributed by atoms with E-state index in [2.05, 4.69) is 59.5 Å². The molecule has 2 aromatic rings. The van der Waals surface area contributed by atoms with Crippen LogP contribution in [0.25, 0.3) is 11.1 Å². The predicted octanol–water partition coefficient (Wildman–Crippen LogP) is 3.64. The lowest BCUT2D eigenvalue weighted by Gasteiger charge is -2.24. The number of fused-ring (bicyclic) bond motifs is 3. The van der Waals surface area contributed by atoms with Crippen LogP contribution >= 0.6 is 11.8 Å². The van der Waals surface area contributed by atoms with Crippen LogP contribution in [0.3, 0.4) is 0 Å². The minimum atomic E-state index is 0.535. The van der Waals surface area contributed by atoms with Gasteiger partial charge in [-0.15, -0.1) is 0 Å². The van der Waals surface area contributed by atoms with Crippen molar-refractivity contribution >= 4 is 11.8 Å². The first-order valence-corrected chi connectivity index (χ1v) is 8.09. The molecule has 1 aliphatic carbocycles. The fraction of sp³-hybridized carbons (Fsp3) is 0.294. The van der Waals surface area contributed by atoms with Crippen LogP contribution in [0.4, 0.5) is 0 Å². The van der Waals surface area contributed by atoms with Gasteiger partial charge in [0.05, 0.1) is 0 Å². The summed E-state index contributed by atoms with van der Waals surface area (Å²) >= 11 is 2.06. The molecule has 1 fully saturated rings. The first kappa shape index (κ1) is 11.6. The van der Waals surface area contributed by atoms with Crippen molar-refractivity contribution in [1.29, 1.82) is 0 Å². The Morgan fingerprint density at radius 2 is 1.89 bits per heavy atom. The molecule has 0 radical (unpaired) electrons. The largest absolute Gasteiger partial charge is 0.308 e. The minimum Gasteiger partial charge on any atom is -0.308 e. The smallest absolute Gasteiger partial charge is 0.0412 e. The van der Waals surface area contributed by atoms with Gasteiger partial charge in [0.15, 0.2) is 0 Å². The summed E-state index contributed by atoms with van der Waals surface area (Å²) in [4.78, 5) is 0. The second kappa shape index (κ2) is 4.69. The summed E-state index contributed by atoms with van der Waals surface area (Å²) in [6, 6.07) is 16.4. The van der Waals surface area contributed by atoms with Gasteiger partial charge in [-0.1, -0.05) is 42.5 Å². The van der Waals surface area contributed by atoms with E-state index in [0.29, 0.717) is 6.04 Å². The summed E-state index contributed by atoms with van der Waals surface area (Å²) in [5.74, 6) is 2.44. The van der Waals surface area contributed by atoms with Crippen molar-refractivity contribution in [2.24, 2.45) is 0 Å². The Kier molecular flexibility index (Phi) is 2.86. The van der Waals surface area contributed by atoms with Crippen LogP contribution in [0.15, 0.2) is 42.5 Å². The van der Waals surface area contributed by atoms with Crippen LogP contribution in [-0.4, -0.2) is 18.1 Å². The van der Waals surface area contributed by atoms with Crippen molar-refractivity contribution in [1.82, 2.24) is 5.32 Å². The lowest BCUT2D eigenvalue weighted by Crippen LogP contribution is -2.30. The maximum absolute atomic E-state index is 3.63. The SMILES string of the molecule is c1ccc2c(c1)Cc1cc(C3CSCCN3)ccc1-2. The molecule has 96 valence electrons. The summed E-state index contributed by atoms with van der Waals surface area (Å²) < 4.78 is 0. The second-order valence-electron chi connectivity index (χ2n) is 5.33. The number of hydrogen-bond acceptors (Lipinski definition) is 2. The third-order valence-corrected chi connectivity index (χ3v) is 5.20. The molecule has 2 aromatic carbocycles. The van der Waals surface area contributed by atoms with Gasteiger partial charge in [-0.05, 0) is 34.2 Å². The zero-order valence-electron chi connectivity index (χ0n) is 10.9. The van der Waals surface area contributed by atoms with Gasteiger partial charge in [0, 0.05) is 24.1 Å². The van der Waals surface area contributed by atoms with Gasteiger partial charge in [0.1, 0.15) is 0 Å². The topological polar surface area (TPSA) is 12.0 Å². The quantitative estimate of drug-likeness (QED) is 0.722. The highest BCUT2D eigenvalue weighted by Gasteiger charge is 2.21. The molecule has 2 heteroatoms. The van der Waals surface area contributed by atoms with Crippen molar-refractivity contribution < 1.29 is 0 Å². The number of benzene rings is 2. The van der Waals surface area contributed by atoms with Gasteiger partial charge in [0.25, 0.3) is 0 Å². The Hall–Kier alpha value is -1.25. The lowest BCUT2D eigenvalue weighted by molar-refractivity contribution is 0.595. The molecule has 0 saturated carbocycles. The maximum Gasteiger partial charge on any atom is 0.0412 e. The Morgan fingerprint density at radius 3 is 2.79 bits per heavy atom. The summed E-state index contributed by atoms with van der Waals surface area (Å²) in [5, 5.41) is 3.63. The molecular weight excluding hydrogens is 250 g/mol. The highest BCUT2D eigenvalue weighted by Crippen LogP contribution is 2.37. The molecule has 0 aromatic heterocycles. The Labute approximate surface area is 118 Å². The molecule has 2 aliphatic rings. The standard InChI is InChI=1S/C17H17NS/c1-2-4-15-12(3-1)9-14-10-13(5-6-16(14)15)17-11-19-8-7-18-17/h1-6,10,17-18H,7-9,11H2. The molecule has 19 heavy (non-hydrogen) atoms. The third-order valence-electron chi connectivity index (χ3n) is 4.14. The van der Waals surface area contributed by atoms with E-state index in [-0.39, 0.29) is 0 Å². The zero-order valence-corrected chi connectivity index (χ0v) is 11.7. The molecule has 0 spiro atoms. The van der Waals surface area contributed by atoms with Gasteiger partial charge in [-0.25, -0.2) is 0 Å². The molecule has 1 heterocycles. The van der Waals surface area contributed by atoms with Gasteiger partial charge in [-0.3, -0.25) is 0 Å². The first-order valence-electron chi connectivity index (χ1n) is 6.94. The van der Waals surface area contributed by atoms with Crippen LogP contribution in [0.5, 0.6) is 0 Å². The van der Waals surface area contributed by atoms with Crippen LogP contribution in [-0.2, 0) is 6.42 Å². The minimum absolute atomic E-state index is 0.535. The van der Waals surface area contributed by atoms with Crippen molar-refractivity contribution in [2.45, 2.75) is 12.5 Å². The van der Waals surface area contributed by atoms with Crippen molar-refractivity contribution in [3.8, 4) is 11.1 Å². The van der Waals surface area contributed by atoms with E-state index in [1.165, 1.54) is 39.3 Å². The highest BCUT2D eigenvalue weighted by molar-refractivity contribution is 7.99. The number of nitrogens with one attached hydrogen (secondary N) is 1. The summed E-state index contributed by atoms with van der Waals surface area (Å²) in [6.07, 6.45) is 1.10. The lowest BCUT2D eigenvalue weighted by atomic mass is 10.00. The molecule has 1 N–H and O–H groups in total. The molecule has 1 nitrogen and oxygen atoms in total. The third kappa shape index (κ3) is 1.99. The normalized spacial score (nSPS) is 20.9. The number of hydrogen-bond donors (Lipinski definition) is 1. The highest BCUT2D eigenvalue weighted by atomic mass is 32.2. The summed E-state index contributed by atoms with van der Waals surface area (Å²) in [5.41, 5.74) is 7.29. The Balaban J connectivity index is 1.71. The average molecular weight is 267 g/mol. The molecule has 1 saturated heterocycles.